The smallest absolute Gasteiger partial charge is 0.331 e. The predicted octanol–water partition coefficient (Wildman–Crippen LogP) is 3.26. The molecule has 98 valence electrons. The Morgan fingerprint density at radius 3 is 2.50 bits per heavy atom. The first-order chi connectivity index (χ1) is 8.27. The summed E-state index contributed by atoms with van der Waals surface area (Å²) in [4.78, 5) is 10.8. The SMILES string of the molecule is C=C(Cc1ccc(O)c(C(C)(C)CC)c1)C(=O)O. The molecule has 3 nitrogen and oxygen atoms in total. The summed E-state index contributed by atoms with van der Waals surface area (Å²) in [5, 5.41) is 18.7. The second kappa shape index (κ2) is 5.25. The molecule has 0 radical (unpaired) electrons. The van der Waals surface area contributed by atoms with Gasteiger partial charge < -0.3 is 10.2 Å². The van der Waals surface area contributed by atoms with Crippen molar-refractivity contribution in [1.29, 1.82) is 0 Å². The number of aromatic hydroxyl groups is 1. The van der Waals surface area contributed by atoms with E-state index in [4.69, 9.17) is 5.11 Å². The summed E-state index contributed by atoms with van der Waals surface area (Å²) in [5.74, 6) is -0.731. The molecule has 3 heteroatoms. The maximum atomic E-state index is 10.8. The van der Waals surface area contributed by atoms with Gasteiger partial charge in [0.15, 0.2) is 0 Å². The van der Waals surface area contributed by atoms with Crippen LogP contribution in [0.25, 0.3) is 0 Å². The Balaban J connectivity index is 3.09. The summed E-state index contributed by atoms with van der Waals surface area (Å²) in [5.41, 5.74) is 1.73. The largest absolute Gasteiger partial charge is 0.508 e. The number of phenolic OH excluding ortho intramolecular Hbond substituents is 1. The average molecular weight is 248 g/mol. The molecule has 0 aliphatic heterocycles. The number of benzene rings is 1. The Labute approximate surface area is 108 Å². The standard InChI is InChI=1S/C15H20O3/c1-5-15(3,4)12-9-11(6-7-13(12)16)8-10(2)14(17)18/h6-7,9,16H,2,5,8H2,1,3-4H3,(H,17,18). The third kappa shape index (κ3) is 3.13. The van der Waals surface area contributed by atoms with Crippen molar-refractivity contribution in [2.45, 2.75) is 39.0 Å². The van der Waals surface area contributed by atoms with Gasteiger partial charge in [0, 0.05) is 12.0 Å². The first-order valence-corrected chi connectivity index (χ1v) is 6.01. The fourth-order valence-electron chi connectivity index (χ4n) is 1.75. The monoisotopic (exact) mass is 248 g/mol. The lowest BCUT2D eigenvalue weighted by Crippen LogP contribution is -2.16. The van der Waals surface area contributed by atoms with E-state index in [0.717, 1.165) is 17.5 Å². The number of rotatable bonds is 5. The van der Waals surface area contributed by atoms with E-state index in [1.807, 2.05) is 6.07 Å². The Kier molecular flexibility index (Phi) is 4.17. The molecule has 0 aromatic heterocycles. The summed E-state index contributed by atoms with van der Waals surface area (Å²) < 4.78 is 0. The van der Waals surface area contributed by atoms with Crippen molar-refractivity contribution in [3.05, 3.63) is 41.5 Å². The van der Waals surface area contributed by atoms with E-state index < -0.39 is 5.97 Å². The van der Waals surface area contributed by atoms with E-state index in [9.17, 15) is 9.90 Å². The minimum Gasteiger partial charge on any atom is -0.508 e. The van der Waals surface area contributed by atoms with Crippen LogP contribution in [-0.4, -0.2) is 16.2 Å². The predicted molar refractivity (Wildman–Crippen MR) is 71.9 cm³/mol. The topological polar surface area (TPSA) is 57.5 Å². The molecule has 0 aliphatic carbocycles. The molecule has 0 heterocycles. The molecule has 18 heavy (non-hydrogen) atoms. The van der Waals surface area contributed by atoms with Crippen molar-refractivity contribution >= 4 is 5.97 Å². The fourth-order valence-corrected chi connectivity index (χ4v) is 1.75. The molecule has 0 amide bonds. The van der Waals surface area contributed by atoms with Crippen LogP contribution in [0.3, 0.4) is 0 Å². The molecule has 0 spiro atoms. The van der Waals surface area contributed by atoms with Crippen LogP contribution in [0, 0.1) is 0 Å². The second-order valence-corrected chi connectivity index (χ2v) is 5.17. The number of hydrogen-bond acceptors (Lipinski definition) is 2. The van der Waals surface area contributed by atoms with Crippen molar-refractivity contribution in [1.82, 2.24) is 0 Å². The van der Waals surface area contributed by atoms with Crippen LogP contribution >= 0.6 is 0 Å². The molecule has 1 aromatic rings. The highest BCUT2D eigenvalue weighted by atomic mass is 16.4. The van der Waals surface area contributed by atoms with Gasteiger partial charge in [-0.25, -0.2) is 4.79 Å². The molecule has 0 aliphatic rings. The molecule has 1 rings (SSSR count). The summed E-state index contributed by atoms with van der Waals surface area (Å²) in [6.07, 6.45) is 1.19. The molecular formula is C15H20O3. The van der Waals surface area contributed by atoms with E-state index in [0.29, 0.717) is 6.42 Å². The lowest BCUT2D eigenvalue weighted by atomic mass is 9.80. The first-order valence-electron chi connectivity index (χ1n) is 6.01. The molecule has 0 saturated heterocycles. The fraction of sp³-hybridized carbons (Fsp3) is 0.400. The zero-order valence-electron chi connectivity index (χ0n) is 11.2. The Morgan fingerprint density at radius 2 is 2.00 bits per heavy atom. The average Bonchev–Trinajstić information content (AvgIpc) is 2.31. The molecule has 1 aromatic carbocycles. The molecule has 0 fully saturated rings. The lowest BCUT2D eigenvalue weighted by Gasteiger charge is -2.25. The van der Waals surface area contributed by atoms with Gasteiger partial charge in [0.25, 0.3) is 0 Å². The summed E-state index contributed by atoms with van der Waals surface area (Å²) in [6, 6.07) is 5.23. The highest BCUT2D eigenvalue weighted by Gasteiger charge is 2.22. The lowest BCUT2D eigenvalue weighted by molar-refractivity contribution is -0.132. The van der Waals surface area contributed by atoms with Crippen LogP contribution in [0.4, 0.5) is 0 Å². The van der Waals surface area contributed by atoms with Crippen LogP contribution in [0.15, 0.2) is 30.4 Å². The van der Waals surface area contributed by atoms with Crippen LogP contribution in [0.5, 0.6) is 5.75 Å². The van der Waals surface area contributed by atoms with Gasteiger partial charge >= 0.3 is 5.97 Å². The van der Waals surface area contributed by atoms with Crippen LogP contribution < -0.4 is 0 Å². The quantitative estimate of drug-likeness (QED) is 0.786. The van der Waals surface area contributed by atoms with Crippen LogP contribution in [-0.2, 0) is 16.6 Å². The van der Waals surface area contributed by atoms with Gasteiger partial charge in [-0.2, -0.15) is 0 Å². The van der Waals surface area contributed by atoms with Gasteiger partial charge in [-0.3, -0.25) is 0 Å². The van der Waals surface area contributed by atoms with Crippen molar-refractivity contribution < 1.29 is 15.0 Å². The number of aliphatic carboxylic acids is 1. The zero-order chi connectivity index (χ0) is 13.9. The third-order valence-electron chi connectivity index (χ3n) is 3.39. The third-order valence-corrected chi connectivity index (χ3v) is 3.39. The van der Waals surface area contributed by atoms with Gasteiger partial charge in [-0.1, -0.05) is 39.5 Å². The van der Waals surface area contributed by atoms with Gasteiger partial charge in [-0.05, 0) is 29.0 Å². The summed E-state index contributed by atoms with van der Waals surface area (Å²) in [6.45, 7) is 9.69. The van der Waals surface area contributed by atoms with Crippen molar-refractivity contribution in [3.63, 3.8) is 0 Å². The highest BCUT2D eigenvalue weighted by Crippen LogP contribution is 2.34. The molecular weight excluding hydrogens is 228 g/mol. The van der Waals surface area contributed by atoms with Gasteiger partial charge in [0.05, 0.1) is 0 Å². The van der Waals surface area contributed by atoms with E-state index in [-0.39, 0.29) is 16.7 Å². The van der Waals surface area contributed by atoms with Crippen molar-refractivity contribution in [2.24, 2.45) is 0 Å². The van der Waals surface area contributed by atoms with Gasteiger partial charge in [0.2, 0.25) is 0 Å². The minimum atomic E-state index is -0.987. The summed E-state index contributed by atoms with van der Waals surface area (Å²) in [7, 11) is 0. The molecule has 2 N–H and O–H groups in total. The maximum Gasteiger partial charge on any atom is 0.331 e. The molecule has 0 atom stereocenters. The Bertz CT molecular complexity index is 473. The molecule has 0 saturated carbocycles. The van der Waals surface area contributed by atoms with E-state index >= 15 is 0 Å². The molecule has 0 bridgehead atoms. The number of carboxylic acid groups (broad SMARTS) is 1. The second-order valence-electron chi connectivity index (χ2n) is 5.17. The Hall–Kier alpha value is -1.77. The summed E-state index contributed by atoms with van der Waals surface area (Å²) >= 11 is 0. The van der Waals surface area contributed by atoms with Crippen molar-refractivity contribution in [3.8, 4) is 5.75 Å². The maximum absolute atomic E-state index is 10.8. The van der Waals surface area contributed by atoms with Crippen LogP contribution in [0.1, 0.15) is 38.3 Å². The number of carboxylic acids is 1. The zero-order valence-corrected chi connectivity index (χ0v) is 11.2. The van der Waals surface area contributed by atoms with E-state index in [2.05, 4.69) is 27.4 Å². The molecule has 0 unspecified atom stereocenters. The minimum absolute atomic E-state index is 0.134. The highest BCUT2D eigenvalue weighted by molar-refractivity contribution is 5.86. The first kappa shape index (κ1) is 14.3. The van der Waals surface area contributed by atoms with E-state index in [1.54, 1.807) is 12.1 Å². The Morgan fingerprint density at radius 1 is 1.39 bits per heavy atom. The number of hydrogen-bond donors (Lipinski definition) is 2. The van der Waals surface area contributed by atoms with Gasteiger partial charge in [0.1, 0.15) is 5.75 Å². The van der Waals surface area contributed by atoms with Crippen LogP contribution in [0.2, 0.25) is 0 Å². The number of phenols is 1. The van der Waals surface area contributed by atoms with Gasteiger partial charge in [-0.15, -0.1) is 0 Å². The number of carbonyl (C=O) groups is 1. The van der Waals surface area contributed by atoms with E-state index in [1.165, 1.54) is 0 Å². The normalized spacial score (nSPS) is 11.3. The van der Waals surface area contributed by atoms with Crippen molar-refractivity contribution in [2.75, 3.05) is 0 Å².